The molecule has 0 spiro atoms. The highest BCUT2D eigenvalue weighted by Gasteiger charge is 2.61. The Kier molecular flexibility index (Phi) is 3.99. The smallest absolute Gasteiger partial charge is 0.0974 e. The lowest BCUT2D eigenvalue weighted by atomic mass is 9.76. The number of ether oxygens (including phenoxy) is 1. The van der Waals surface area contributed by atoms with E-state index in [2.05, 4.69) is 12.2 Å². The maximum absolute atomic E-state index is 10.8. The van der Waals surface area contributed by atoms with Gasteiger partial charge in [-0.1, -0.05) is 13.8 Å². The van der Waals surface area contributed by atoms with Crippen LogP contribution in [0.4, 0.5) is 0 Å². The highest BCUT2D eigenvalue weighted by molar-refractivity contribution is 7.85. The average Bonchev–Trinajstić information content (AvgIpc) is 2.60. The largest absolute Gasteiger partial charge is 0.748 e. The predicted molar refractivity (Wildman–Crippen MR) is 70.6 cm³/mol. The Bertz CT molecular complexity index is 420. The third kappa shape index (κ3) is 2.96. The molecule has 0 aromatic carbocycles. The first kappa shape index (κ1) is 15.2. The van der Waals surface area contributed by atoms with E-state index in [9.17, 15) is 13.0 Å². The lowest BCUT2D eigenvalue weighted by Crippen LogP contribution is -2.97. The van der Waals surface area contributed by atoms with E-state index in [0.29, 0.717) is 18.9 Å². The van der Waals surface area contributed by atoms with Gasteiger partial charge in [-0.15, -0.1) is 0 Å². The Labute approximate surface area is 115 Å². The van der Waals surface area contributed by atoms with E-state index in [1.165, 1.54) is 13.0 Å². The molecule has 3 atom stereocenters. The molecule has 6 heteroatoms. The molecule has 0 amide bonds. The van der Waals surface area contributed by atoms with Gasteiger partial charge in [0.15, 0.2) is 0 Å². The van der Waals surface area contributed by atoms with E-state index < -0.39 is 15.7 Å². The van der Waals surface area contributed by atoms with Gasteiger partial charge in [-0.25, -0.2) is 8.42 Å². The zero-order chi connectivity index (χ0) is 14.3. The fraction of sp³-hybridized carbons (Fsp3) is 1.00. The summed E-state index contributed by atoms with van der Waals surface area (Å²) in [5.74, 6) is 0.0352. The first-order valence-corrected chi connectivity index (χ1v) is 8.65. The second kappa shape index (κ2) is 4.98. The summed E-state index contributed by atoms with van der Waals surface area (Å²) in [6.07, 6.45) is 3.11. The summed E-state index contributed by atoms with van der Waals surface area (Å²) in [5.41, 5.74) is -0.886. The molecule has 2 bridgehead atoms. The summed E-state index contributed by atoms with van der Waals surface area (Å²) < 4.78 is 38.0. The van der Waals surface area contributed by atoms with Crippen molar-refractivity contribution in [3.63, 3.8) is 0 Å². The van der Waals surface area contributed by atoms with E-state index in [1.54, 1.807) is 0 Å². The number of rotatable bonds is 2. The molecule has 3 rings (SSSR count). The molecule has 112 valence electrons. The predicted octanol–water partition coefficient (Wildman–Crippen LogP) is 0.0788. The van der Waals surface area contributed by atoms with Crippen LogP contribution >= 0.6 is 0 Å². The number of fused-ring (bicyclic) bond motifs is 2. The first-order valence-electron chi connectivity index (χ1n) is 7.07. The van der Waals surface area contributed by atoms with E-state index in [1.807, 2.05) is 13.8 Å². The maximum Gasteiger partial charge on any atom is 0.0974 e. The second-order valence-electron chi connectivity index (χ2n) is 6.75. The van der Waals surface area contributed by atoms with Crippen molar-refractivity contribution in [2.45, 2.75) is 51.7 Å². The number of quaternary nitrogens is 1. The molecule has 0 unspecified atom stereocenters. The van der Waals surface area contributed by atoms with E-state index >= 15 is 0 Å². The number of nitrogens with two attached hydrogens (primary N) is 1. The van der Waals surface area contributed by atoms with Crippen molar-refractivity contribution in [2.24, 2.45) is 11.3 Å². The standard InChI is InChI=1S/C9H16O4S.C4H9N/c1-8(2)7-3-4-9(8,13-5-7)6-14(10,11)12;1-4-2-3-5-4/h7H,3-6H2,1-2H3,(H,10,11,12);4-5H,2-3H2,1H3/t7-,9-;4-/m00/s1. The number of hydrogen-bond acceptors (Lipinski definition) is 4. The summed E-state index contributed by atoms with van der Waals surface area (Å²) in [6.45, 7) is 8.22. The minimum Gasteiger partial charge on any atom is -0.748 e. The van der Waals surface area contributed by atoms with Crippen LogP contribution in [0.15, 0.2) is 0 Å². The zero-order valence-electron chi connectivity index (χ0n) is 12.0. The average molecular weight is 291 g/mol. The minimum atomic E-state index is -4.20. The lowest BCUT2D eigenvalue weighted by Gasteiger charge is -2.37. The second-order valence-corrected chi connectivity index (χ2v) is 8.16. The topological polar surface area (TPSA) is 83.0 Å². The Morgan fingerprint density at radius 3 is 2.16 bits per heavy atom. The van der Waals surface area contributed by atoms with E-state index in [4.69, 9.17) is 4.74 Å². The van der Waals surface area contributed by atoms with Gasteiger partial charge in [0.05, 0.1) is 40.7 Å². The molecule has 5 nitrogen and oxygen atoms in total. The molecule has 19 heavy (non-hydrogen) atoms. The first-order chi connectivity index (χ1) is 8.66. The summed E-state index contributed by atoms with van der Waals surface area (Å²) in [6, 6.07) is 0.940. The van der Waals surface area contributed by atoms with Gasteiger partial charge < -0.3 is 14.6 Å². The van der Waals surface area contributed by atoms with Crippen molar-refractivity contribution in [3.05, 3.63) is 0 Å². The maximum atomic E-state index is 10.8. The molecule has 0 radical (unpaired) electrons. The third-order valence-corrected chi connectivity index (χ3v) is 6.07. The molecule has 3 fully saturated rings. The SMILES string of the molecule is CC1(C)[C@H]2CC[C@@]1(CS(=O)(=O)[O-])OC2.C[C@H]1CC[NH2+]1. The molecule has 2 saturated heterocycles. The fourth-order valence-corrected chi connectivity index (χ4v) is 4.53. The van der Waals surface area contributed by atoms with E-state index in [-0.39, 0.29) is 11.2 Å². The zero-order valence-corrected chi connectivity index (χ0v) is 12.8. The molecule has 0 aromatic heterocycles. The van der Waals surface area contributed by atoms with Crippen LogP contribution in [0, 0.1) is 11.3 Å². The molecular weight excluding hydrogens is 266 g/mol. The van der Waals surface area contributed by atoms with Gasteiger partial charge in [0.1, 0.15) is 0 Å². The van der Waals surface area contributed by atoms with Crippen LogP contribution in [0.3, 0.4) is 0 Å². The van der Waals surface area contributed by atoms with Crippen LogP contribution in [-0.4, -0.2) is 43.5 Å². The molecule has 0 aromatic rings. The molecule has 2 aliphatic heterocycles. The molecule has 1 aliphatic carbocycles. The van der Waals surface area contributed by atoms with Gasteiger partial charge in [-0.3, -0.25) is 0 Å². The Balaban J connectivity index is 0.000000224. The van der Waals surface area contributed by atoms with Crippen LogP contribution < -0.4 is 5.32 Å². The van der Waals surface area contributed by atoms with Crippen molar-refractivity contribution in [1.29, 1.82) is 0 Å². The normalized spacial score (nSPS) is 39.4. The molecule has 3 aliphatic rings. The van der Waals surface area contributed by atoms with Crippen molar-refractivity contribution in [1.82, 2.24) is 0 Å². The van der Waals surface area contributed by atoms with Gasteiger partial charge >= 0.3 is 0 Å². The Morgan fingerprint density at radius 2 is 1.95 bits per heavy atom. The summed E-state index contributed by atoms with van der Waals surface area (Å²) in [7, 11) is -4.20. The summed E-state index contributed by atoms with van der Waals surface area (Å²) in [4.78, 5) is 0. The van der Waals surface area contributed by atoms with Gasteiger partial charge in [0.25, 0.3) is 0 Å². The summed E-state index contributed by atoms with van der Waals surface area (Å²) >= 11 is 0. The van der Waals surface area contributed by atoms with Crippen molar-refractivity contribution >= 4 is 10.1 Å². The van der Waals surface area contributed by atoms with Crippen LogP contribution in [0.1, 0.15) is 40.0 Å². The number of hydrogen-bond donors (Lipinski definition) is 1. The molecule has 2 N–H and O–H groups in total. The van der Waals surface area contributed by atoms with Crippen molar-refractivity contribution in [3.8, 4) is 0 Å². The van der Waals surface area contributed by atoms with Gasteiger partial charge in [-0.2, -0.15) is 0 Å². The van der Waals surface area contributed by atoms with Crippen molar-refractivity contribution in [2.75, 3.05) is 18.9 Å². The molecular formula is C13H25NO4S. The molecule has 1 saturated carbocycles. The quantitative estimate of drug-likeness (QED) is 0.730. The van der Waals surface area contributed by atoms with Crippen LogP contribution in [-0.2, 0) is 14.9 Å². The highest BCUT2D eigenvalue weighted by Crippen LogP contribution is 2.57. The van der Waals surface area contributed by atoms with Gasteiger partial charge in [0, 0.05) is 6.42 Å². The van der Waals surface area contributed by atoms with Crippen LogP contribution in [0.25, 0.3) is 0 Å². The fourth-order valence-electron chi connectivity index (χ4n) is 3.36. The van der Waals surface area contributed by atoms with Crippen LogP contribution in [0.5, 0.6) is 0 Å². The Morgan fingerprint density at radius 1 is 1.37 bits per heavy atom. The summed E-state index contributed by atoms with van der Waals surface area (Å²) in [5, 5.41) is 2.35. The lowest BCUT2D eigenvalue weighted by molar-refractivity contribution is -0.739. The minimum absolute atomic E-state index is 0.176. The van der Waals surface area contributed by atoms with Crippen molar-refractivity contribution < 1.29 is 23.0 Å². The van der Waals surface area contributed by atoms with Crippen LogP contribution in [0.2, 0.25) is 0 Å². The third-order valence-electron chi connectivity index (χ3n) is 5.25. The van der Waals surface area contributed by atoms with Gasteiger partial charge in [-0.05, 0) is 31.1 Å². The highest BCUT2D eigenvalue weighted by atomic mass is 32.2. The van der Waals surface area contributed by atoms with E-state index in [0.717, 1.165) is 12.5 Å². The molecule has 2 heterocycles. The monoisotopic (exact) mass is 291 g/mol. The van der Waals surface area contributed by atoms with Gasteiger partial charge in [0.2, 0.25) is 0 Å². The Hall–Kier alpha value is -0.170.